The molecular formula is C22H19BrN4O8S. The number of fused-ring (bicyclic) bond motifs is 2. The molecule has 5 rings (SSSR count). The molecule has 1 saturated heterocycles. The van der Waals surface area contributed by atoms with E-state index in [2.05, 4.69) is 21.0 Å². The number of rotatable bonds is 7. The van der Waals surface area contributed by atoms with Crippen LogP contribution in [0.2, 0.25) is 0 Å². The summed E-state index contributed by atoms with van der Waals surface area (Å²) in [6, 6.07) is 7.26. The number of aryl methyl sites for hydroxylation is 1. The molecule has 0 spiro atoms. The molecule has 3 aliphatic rings. The number of halogens is 1. The maximum atomic E-state index is 13.4. The van der Waals surface area contributed by atoms with Gasteiger partial charge in [0.15, 0.2) is 10.4 Å². The Balaban J connectivity index is 1.30. The van der Waals surface area contributed by atoms with Gasteiger partial charge in [-0.1, -0.05) is 15.9 Å². The van der Waals surface area contributed by atoms with Crippen LogP contribution in [0.5, 0.6) is 5.88 Å². The van der Waals surface area contributed by atoms with Crippen molar-refractivity contribution < 1.29 is 33.5 Å². The number of carbonyl (C=O) groups is 3. The summed E-state index contributed by atoms with van der Waals surface area (Å²) in [4.78, 5) is 49.6. The predicted octanol–water partition coefficient (Wildman–Crippen LogP) is 2.81. The minimum atomic E-state index is -1.36. The minimum Gasteiger partial charge on any atom is -0.478 e. The number of carbonyl (C=O) groups excluding carboxylic acids is 3. The van der Waals surface area contributed by atoms with Gasteiger partial charge in [-0.3, -0.25) is 24.6 Å². The number of thioether (sulfide) groups is 1. The van der Waals surface area contributed by atoms with E-state index in [-0.39, 0.29) is 18.0 Å². The van der Waals surface area contributed by atoms with Crippen molar-refractivity contribution in [2.45, 2.75) is 42.3 Å². The molecule has 3 aliphatic heterocycles. The van der Waals surface area contributed by atoms with Crippen molar-refractivity contribution in [1.29, 1.82) is 0 Å². The first-order valence-electron chi connectivity index (χ1n) is 10.9. The van der Waals surface area contributed by atoms with Crippen LogP contribution in [-0.2, 0) is 37.0 Å². The highest BCUT2D eigenvalue weighted by Crippen LogP contribution is 2.58. The molecule has 0 N–H and O–H groups in total. The van der Waals surface area contributed by atoms with Crippen LogP contribution in [0.25, 0.3) is 0 Å². The summed E-state index contributed by atoms with van der Waals surface area (Å²) in [5.41, 5.74) is 0.903. The molecular weight excluding hydrogens is 560 g/mol. The third-order valence-corrected chi connectivity index (χ3v) is 8.59. The Hall–Kier alpha value is -3.39. The van der Waals surface area contributed by atoms with Gasteiger partial charge >= 0.3 is 11.9 Å². The van der Waals surface area contributed by atoms with Gasteiger partial charge in [-0.15, -0.1) is 11.8 Å². The Labute approximate surface area is 216 Å². The zero-order valence-corrected chi connectivity index (χ0v) is 21.2. The van der Waals surface area contributed by atoms with Crippen LogP contribution in [0.3, 0.4) is 0 Å². The van der Waals surface area contributed by atoms with Crippen LogP contribution in [0.15, 0.2) is 41.4 Å². The van der Waals surface area contributed by atoms with Crippen molar-refractivity contribution >= 4 is 51.2 Å². The van der Waals surface area contributed by atoms with Crippen molar-refractivity contribution in [2.24, 2.45) is 0 Å². The number of β-lactam (4-membered cyclic amide) rings is 1. The molecule has 4 heterocycles. The molecule has 188 valence electrons. The van der Waals surface area contributed by atoms with E-state index in [0.29, 0.717) is 30.3 Å². The monoisotopic (exact) mass is 578 g/mol. The number of hydrogen-bond acceptors (Lipinski definition) is 10. The molecule has 14 heteroatoms. The van der Waals surface area contributed by atoms with Gasteiger partial charge in [0.1, 0.15) is 23.4 Å². The number of nitrogens with zero attached hydrogens (tertiary/aromatic N) is 4. The van der Waals surface area contributed by atoms with Crippen molar-refractivity contribution in [3.63, 3.8) is 0 Å². The Bertz CT molecular complexity index is 1270. The largest absolute Gasteiger partial charge is 0.478 e. The first-order chi connectivity index (χ1) is 17.2. The molecule has 3 atom stereocenters. The van der Waals surface area contributed by atoms with Gasteiger partial charge in [0.25, 0.3) is 11.6 Å². The lowest BCUT2D eigenvalue weighted by molar-refractivity contribution is -0.384. The standard InChI is InChI=1S/C22H19BrN4O8S/c1-12(28)35-18(15-9-17-25(24-15)7-2-8-33-17)22(23)20(30)26-16(11-36-21(22)26)19(29)34-10-13-3-5-14(6-4-13)27(31)32/h3-6,9,11,18,21H,2,7-8,10H2,1H3/t18?,21-,22?/m1/s1. The molecule has 1 aromatic heterocycles. The first kappa shape index (κ1) is 24.3. The molecule has 0 saturated carbocycles. The quantitative estimate of drug-likeness (QED) is 0.158. The molecule has 12 nitrogen and oxygen atoms in total. The fourth-order valence-electron chi connectivity index (χ4n) is 4.17. The second kappa shape index (κ2) is 9.24. The number of esters is 2. The van der Waals surface area contributed by atoms with Crippen molar-refractivity contribution in [3.05, 3.63) is 62.8 Å². The fraction of sp³-hybridized carbons (Fsp3) is 0.364. The lowest BCUT2D eigenvalue weighted by Gasteiger charge is -2.51. The highest BCUT2D eigenvalue weighted by atomic mass is 79.9. The lowest BCUT2D eigenvalue weighted by Crippen LogP contribution is -2.70. The molecule has 1 amide bonds. The number of hydrogen-bond donors (Lipinski definition) is 0. The van der Waals surface area contributed by atoms with E-state index in [1.807, 2.05) is 0 Å². The van der Waals surface area contributed by atoms with E-state index < -0.39 is 38.6 Å². The van der Waals surface area contributed by atoms with Gasteiger partial charge in [0.2, 0.25) is 5.88 Å². The summed E-state index contributed by atoms with van der Waals surface area (Å²) in [6.07, 6.45) is -0.270. The SMILES string of the molecule is CC(=O)OC(c1cc2n(n1)CCCO2)C1(Br)C(=O)N2C(C(=O)OCc3ccc([N+](=O)[O-])cc3)=CS[C@@H]21. The van der Waals surface area contributed by atoms with Gasteiger partial charge in [0.05, 0.1) is 11.5 Å². The van der Waals surface area contributed by atoms with Crippen LogP contribution in [0, 0.1) is 10.1 Å². The van der Waals surface area contributed by atoms with Gasteiger partial charge in [-0.05, 0) is 17.7 Å². The summed E-state index contributed by atoms with van der Waals surface area (Å²) in [5, 5.41) is 16.2. The van der Waals surface area contributed by atoms with Gasteiger partial charge in [0, 0.05) is 43.5 Å². The van der Waals surface area contributed by atoms with Crippen LogP contribution in [0.1, 0.15) is 30.7 Å². The number of nitro benzene ring substituents is 1. The zero-order valence-electron chi connectivity index (χ0n) is 18.8. The number of benzene rings is 1. The van der Waals surface area contributed by atoms with Gasteiger partial charge in [-0.25, -0.2) is 9.48 Å². The maximum absolute atomic E-state index is 13.4. The second-order valence-electron chi connectivity index (χ2n) is 8.26. The molecule has 1 fully saturated rings. The summed E-state index contributed by atoms with van der Waals surface area (Å²) in [7, 11) is 0. The van der Waals surface area contributed by atoms with E-state index in [0.717, 1.165) is 6.42 Å². The third-order valence-electron chi connectivity index (χ3n) is 5.89. The predicted molar refractivity (Wildman–Crippen MR) is 128 cm³/mol. The van der Waals surface area contributed by atoms with E-state index >= 15 is 0 Å². The first-order valence-corrected chi connectivity index (χ1v) is 12.6. The maximum Gasteiger partial charge on any atom is 0.355 e. The molecule has 2 aromatic rings. The third kappa shape index (κ3) is 4.03. The van der Waals surface area contributed by atoms with Crippen molar-refractivity contribution in [3.8, 4) is 5.88 Å². The number of aromatic nitrogens is 2. The summed E-state index contributed by atoms with van der Waals surface area (Å²) in [5.74, 6) is -1.26. The molecule has 2 unspecified atom stereocenters. The number of non-ortho nitro benzene ring substituents is 1. The molecule has 0 radical (unpaired) electrons. The summed E-state index contributed by atoms with van der Waals surface area (Å²) in [6.45, 7) is 2.31. The number of ether oxygens (including phenoxy) is 3. The lowest BCUT2D eigenvalue weighted by atomic mass is 9.89. The molecule has 1 aromatic carbocycles. The number of amides is 1. The Morgan fingerprint density at radius 3 is 2.81 bits per heavy atom. The van der Waals surface area contributed by atoms with Gasteiger partial charge in [-0.2, -0.15) is 5.10 Å². The molecule has 36 heavy (non-hydrogen) atoms. The second-order valence-corrected chi connectivity index (χ2v) is 10.5. The Kier molecular flexibility index (Phi) is 6.24. The topological polar surface area (TPSA) is 143 Å². The zero-order chi connectivity index (χ0) is 25.6. The van der Waals surface area contributed by atoms with Crippen LogP contribution in [0.4, 0.5) is 5.69 Å². The van der Waals surface area contributed by atoms with E-state index in [1.165, 1.54) is 53.3 Å². The highest BCUT2D eigenvalue weighted by Gasteiger charge is 2.69. The molecule has 0 aliphatic carbocycles. The Morgan fingerprint density at radius 2 is 2.14 bits per heavy atom. The van der Waals surface area contributed by atoms with Crippen molar-refractivity contribution in [1.82, 2.24) is 14.7 Å². The average molecular weight is 579 g/mol. The van der Waals surface area contributed by atoms with Crippen LogP contribution >= 0.6 is 27.7 Å². The summed E-state index contributed by atoms with van der Waals surface area (Å²) < 4.78 is 16.8. The minimum absolute atomic E-state index is 0.0565. The van der Waals surface area contributed by atoms with Gasteiger partial charge < -0.3 is 14.2 Å². The van der Waals surface area contributed by atoms with E-state index in [1.54, 1.807) is 10.7 Å². The number of alkyl halides is 1. The van der Waals surface area contributed by atoms with Crippen LogP contribution in [-0.4, -0.2) is 53.8 Å². The normalized spacial score (nSPS) is 22.9. The summed E-state index contributed by atoms with van der Waals surface area (Å²) >= 11 is 4.73. The smallest absolute Gasteiger partial charge is 0.355 e. The highest BCUT2D eigenvalue weighted by molar-refractivity contribution is 9.10. The Morgan fingerprint density at radius 1 is 1.39 bits per heavy atom. The van der Waals surface area contributed by atoms with Crippen molar-refractivity contribution in [2.75, 3.05) is 6.61 Å². The van der Waals surface area contributed by atoms with E-state index in [9.17, 15) is 24.5 Å². The fourth-order valence-corrected chi connectivity index (χ4v) is 6.43. The average Bonchev–Trinajstić information content (AvgIpc) is 3.48. The van der Waals surface area contributed by atoms with E-state index in [4.69, 9.17) is 14.2 Å². The van der Waals surface area contributed by atoms with Crippen LogP contribution < -0.4 is 4.74 Å². The molecule has 0 bridgehead atoms. The number of nitro groups is 1.